The zero-order chi connectivity index (χ0) is 25.3. The summed E-state index contributed by atoms with van der Waals surface area (Å²) in [4.78, 5) is 8.19. The van der Waals surface area contributed by atoms with E-state index in [9.17, 15) is 4.39 Å². The van der Waals surface area contributed by atoms with Crippen molar-refractivity contribution >= 4 is 49.3 Å². The van der Waals surface area contributed by atoms with E-state index in [2.05, 4.69) is 48.1 Å². The first-order valence-electron chi connectivity index (χ1n) is 12.5. The van der Waals surface area contributed by atoms with Gasteiger partial charge in [-0.05, 0) is 74.7 Å². The second-order valence-corrected chi connectivity index (χ2v) is 10.2. The largest absolute Gasteiger partial charge is 0.402 e. The molecule has 0 aromatic heterocycles. The average molecular weight is 537 g/mol. The third-order valence-corrected chi connectivity index (χ3v) is 6.60. The Kier molecular flexibility index (Phi) is 15.5. The first-order chi connectivity index (χ1) is 17.0. The predicted molar refractivity (Wildman–Crippen MR) is 160 cm³/mol. The molecule has 2 rings (SSSR count). The molecule has 1 aromatic carbocycles. The van der Waals surface area contributed by atoms with E-state index >= 15 is 0 Å². The van der Waals surface area contributed by atoms with Crippen LogP contribution in [0.4, 0.5) is 10.1 Å². The van der Waals surface area contributed by atoms with E-state index in [1.54, 1.807) is 6.08 Å². The summed E-state index contributed by atoms with van der Waals surface area (Å²) in [6.07, 6.45) is 13.0. The van der Waals surface area contributed by atoms with Crippen LogP contribution in [-0.4, -0.2) is 54.8 Å². The fourth-order valence-corrected chi connectivity index (χ4v) is 4.50. The van der Waals surface area contributed by atoms with Crippen LogP contribution in [0.25, 0.3) is 0 Å². The minimum Gasteiger partial charge on any atom is -0.402 e. The summed E-state index contributed by atoms with van der Waals surface area (Å²) >= 11 is 13.0. The third kappa shape index (κ3) is 13.1. The first-order valence-corrected chi connectivity index (χ1v) is 14.3. The number of nitrogens with one attached hydrogen (secondary N) is 1. The van der Waals surface area contributed by atoms with Crippen LogP contribution in [-0.2, 0) is 0 Å². The molecular formula is C27H41FN4S3. The molecule has 1 aromatic rings. The lowest BCUT2D eigenvalue weighted by Gasteiger charge is -2.21. The molecule has 0 amide bonds. The fourth-order valence-electron chi connectivity index (χ4n) is 3.91. The Hall–Kier alpha value is -1.19. The lowest BCUT2D eigenvalue weighted by Crippen LogP contribution is -2.34. The molecule has 0 saturated carbocycles. The van der Waals surface area contributed by atoms with Gasteiger partial charge in [-0.25, -0.2) is 4.39 Å². The average Bonchev–Trinajstić information content (AvgIpc) is 2.85. The van der Waals surface area contributed by atoms with Gasteiger partial charge < -0.3 is 16.0 Å². The van der Waals surface area contributed by atoms with Crippen molar-refractivity contribution in [3.05, 3.63) is 60.1 Å². The normalized spacial score (nSPS) is 16.7. The first kappa shape index (κ1) is 30.0. The number of thiol groups is 3. The minimum atomic E-state index is -0.196. The van der Waals surface area contributed by atoms with Crippen molar-refractivity contribution in [2.75, 3.05) is 44.2 Å². The Bertz CT molecular complexity index is 852. The summed E-state index contributed by atoms with van der Waals surface area (Å²) in [6.45, 7) is 5.13. The molecule has 0 spiro atoms. The van der Waals surface area contributed by atoms with Gasteiger partial charge in [0.25, 0.3) is 0 Å². The molecule has 0 heterocycles. The Balaban J connectivity index is 1.82. The third-order valence-electron chi connectivity index (χ3n) is 5.88. The number of benzene rings is 1. The molecule has 1 atom stereocenters. The SMILES string of the molecule is N/C(=C\C(=Nc1ccc(S)cc1)C1C=CC(F)=CC1)CCCCCCN(CCS)CCNCCS. The topological polar surface area (TPSA) is 53.6 Å². The highest BCUT2D eigenvalue weighted by molar-refractivity contribution is 7.80. The number of rotatable bonds is 17. The fraction of sp³-hybridized carbons (Fsp3) is 0.519. The van der Waals surface area contributed by atoms with E-state index in [1.807, 2.05) is 36.4 Å². The lowest BCUT2D eigenvalue weighted by molar-refractivity contribution is 0.283. The molecule has 0 bridgehead atoms. The van der Waals surface area contributed by atoms with Crippen molar-refractivity contribution in [2.24, 2.45) is 16.6 Å². The van der Waals surface area contributed by atoms with Crippen LogP contribution in [0.3, 0.4) is 0 Å². The molecule has 0 radical (unpaired) electrons. The van der Waals surface area contributed by atoms with Crippen LogP contribution in [0.15, 0.2) is 70.0 Å². The number of hydrogen-bond donors (Lipinski definition) is 5. The summed E-state index contributed by atoms with van der Waals surface area (Å²) in [5, 5.41) is 3.40. The van der Waals surface area contributed by atoms with Crippen molar-refractivity contribution < 1.29 is 4.39 Å². The smallest absolute Gasteiger partial charge is 0.118 e. The van der Waals surface area contributed by atoms with E-state index in [0.29, 0.717) is 6.42 Å². The molecule has 0 saturated heterocycles. The number of nitrogens with zero attached hydrogens (tertiary/aromatic N) is 2. The van der Waals surface area contributed by atoms with Gasteiger partial charge in [0.05, 0.1) is 5.69 Å². The molecular weight excluding hydrogens is 496 g/mol. The van der Waals surface area contributed by atoms with Gasteiger partial charge in [0.1, 0.15) is 5.83 Å². The number of unbranched alkanes of at least 4 members (excludes halogenated alkanes) is 3. The van der Waals surface area contributed by atoms with E-state index in [1.165, 1.54) is 18.9 Å². The molecule has 0 aliphatic heterocycles. The highest BCUT2D eigenvalue weighted by Crippen LogP contribution is 2.24. The summed E-state index contributed by atoms with van der Waals surface area (Å²) < 4.78 is 13.5. The Morgan fingerprint density at radius 2 is 1.83 bits per heavy atom. The van der Waals surface area contributed by atoms with Gasteiger partial charge in [0.15, 0.2) is 0 Å². The highest BCUT2D eigenvalue weighted by Gasteiger charge is 2.15. The molecule has 1 unspecified atom stereocenters. The monoisotopic (exact) mass is 536 g/mol. The standard InChI is InChI=1S/C27H41FN4S3/c28-23-8-6-22(7-9-23)27(31-25-10-12-26(35)13-11-25)21-24(29)5-3-1-2-4-16-32(18-20-34)17-14-30-15-19-33/h6,8-13,21-22,30,33-35H,1-5,7,14-20,29H2/b24-21-,31-27?. The quantitative estimate of drug-likeness (QED) is 0.0961. The molecule has 35 heavy (non-hydrogen) atoms. The summed E-state index contributed by atoms with van der Waals surface area (Å²) in [7, 11) is 0. The maximum absolute atomic E-state index is 13.5. The number of allylic oxidation sites excluding steroid dienone is 6. The molecule has 194 valence electrons. The minimum absolute atomic E-state index is 0.0174. The molecule has 4 nitrogen and oxygen atoms in total. The summed E-state index contributed by atoms with van der Waals surface area (Å²) in [6, 6.07) is 7.70. The van der Waals surface area contributed by atoms with Crippen LogP contribution in [0, 0.1) is 5.92 Å². The van der Waals surface area contributed by atoms with Gasteiger partial charge in [0.2, 0.25) is 0 Å². The van der Waals surface area contributed by atoms with Gasteiger partial charge in [-0.1, -0.05) is 18.9 Å². The number of hydrogen-bond acceptors (Lipinski definition) is 7. The van der Waals surface area contributed by atoms with E-state index in [0.717, 1.165) is 85.5 Å². The summed E-state index contributed by atoms with van der Waals surface area (Å²) in [5.41, 5.74) is 8.93. The van der Waals surface area contributed by atoms with Gasteiger partial charge in [-0.3, -0.25) is 4.99 Å². The molecule has 0 fully saturated rings. The van der Waals surface area contributed by atoms with E-state index in [-0.39, 0.29) is 11.7 Å². The van der Waals surface area contributed by atoms with Crippen LogP contribution in [0.5, 0.6) is 0 Å². The van der Waals surface area contributed by atoms with Gasteiger partial charge in [-0.15, -0.1) is 12.6 Å². The Morgan fingerprint density at radius 3 is 2.51 bits per heavy atom. The lowest BCUT2D eigenvalue weighted by atomic mass is 9.93. The highest BCUT2D eigenvalue weighted by atomic mass is 32.1. The van der Waals surface area contributed by atoms with Crippen molar-refractivity contribution in [3.63, 3.8) is 0 Å². The van der Waals surface area contributed by atoms with Crippen LogP contribution >= 0.6 is 37.9 Å². The van der Waals surface area contributed by atoms with Crippen LogP contribution < -0.4 is 11.1 Å². The number of aliphatic imine (C=N–C) groups is 1. The van der Waals surface area contributed by atoms with Gasteiger partial charge in [0, 0.05) is 59.9 Å². The van der Waals surface area contributed by atoms with Crippen molar-refractivity contribution in [1.82, 2.24) is 10.2 Å². The zero-order valence-corrected chi connectivity index (χ0v) is 23.3. The van der Waals surface area contributed by atoms with Crippen molar-refractivity contribution in [3.8, 4) is 0 Å². The van der Waals surface area contributed by atoms with Crippen molar-refractivity contribution in [2.45, 2.75) is 43.4 Å². The maximum atomic E-state index is 13.5. The molecule has 3 N–H and O–H groups in total. The summed E-state index contributed by atoms with van der Waals surface area (Å²) in [5.74, 6) is 1.57. The van der Waals surface area contributed by atoms with Crippen molar-refractivity contribution in [1.29, 1.82) is 0 Å². The second kappa shape index (κ2) is 18.1. The number of nitrogens with two attached hydrogens (primary N) is 1. The molecule has 1 aliphatic carbocycles. The van der Waals surface area contributed by atoms with E-state index < -0.39 is 0 Å². The molecule has 8 heteroatoms. The zero-order valence-electron chi connectivity index (χ0n) is 20.6. The van der Waals surface area contributed by atoms with Gasteiger partial charge in [-0.2, -0.15) is 25.3 Å². The van der Waals surface area contributed by atoms with Gasteiger partial charge >= 0.3 is 0 Å². The predicted octanol–water partition coefficient (Wildman–Crippen LogP) is 6.02. The van der Waals surface area contributed by atoms with E-state index in [4.69, 9.17) is 10.7 Å². The Morgan fingerprint density at radius 1 is 1.06 bits per heavy atom. The number of halogens is 1. The van der Waals surface area contributed by atoms with Crippen LogP contribution in [0.1, 0.15) is 38.5 Å². The second-order valence-electron chi connectivity index (χ2n) is 8.77. The maximum Gasteiger partial charge on any atom is 0.118 e. The molecule has 1 aliphatic rings. The Labute approximate surface area is 227 Å². The van der Waals surface area contributed by atoms with Crippen LogP contribution in [0.2, 0.25) is 0 Å².